The lowest BCUT2D eigenvalue weighted by molar-refractivity contribution is -0.142. The second kappa shape index (κ2) is 7.68. The number of nitrogens with zero attached hydrogens (tertiary/aromatic N) is 1. The smallest absolute Gasteiger partial charge is 0.250 e. The normalized spacial score (nSPS) is 27.6. The zero-order valence-electron chi connectivity index (χ0n) is 18.7. The Morgan fingerprint density at radius 3 is 2.74 bits per heavy atom. The van der Waals surface area contributed by atoms with Crippen LogP contribution in [-0.2, 0) is 26.3 Å². The summed E-state index contributed by atoms with van der Waals surface area (Å²) in [7, 11) is 0. The van der Waals surface area contributed by atoms with E-state index in [1.54, 1.807) is 18.2 Å². The van der Waals surface area contributed by atoms with Gasteiger partial charge in [0.15, 0.2) is 0 Å². The highest BCUT2D eigenvalue weighted by Gasteiger charge is 2.70. The number of H-pyrrole nitrogens is 1. The van der Waals surface area contributed by atoms with Crippen LogP contribution in [0.15, 0.2) is 48.7 Å². The molecule has 1 aromatic heterocycles. The summed E-state index contributed by atoms with van der Waals surface area (Å²) in [6, 6.07) is 12.8. The Balaban J connectivity index is 1.47. The summed E-state index contributed by atoms with van der Waals surface area (Å²) in [4.78, 5) is 45.5. The minimum absolute atomic E-state index is 0.194. The zero-order valence-corrected chi connectivity index (χ0v) is 19.5. The van der Waals surface area contributed by atoms with Crippen LogP contribution in [0.1, 0.15) is 30.9 Å². The largest absolute Gasteiger partial charge is 0.361 e. The van der Waals surface area contributed by atoms with Crippen molar-refractivity contribution in [2.45, 2.75) is 37.8 Å². The topological polar surface area (TPSA) is 94.3 Å². The van der Waals surface area contributed by atoms with E-state index in [9.17, 15) is 14.4 Å². The minimum Gasteiger partial charge on any atom is -0.361 e. The van der Waals surface area contributed by atoms with E-state index in [0.717, 1.165) is 29.3 Å². The average Bonchev–Trinajstić information content (AvgIpc) is 3.53. The SMILES string of the molecule is CCCCN1C(=O)[C@@H]2[C@H](Cc3c[nH]c4ccccc34)N[C@@]3(C(=O)Nc4ccc(Cl)cc43)[C@@H]2C1=O. The first kappa shape index (κ1) is 21.4. The fourth-order valence-electron chi connectivity index (χ4n) is 6.08. The monoisotopic (exact) mass is 476 g/mol. The molecule has 3 amide bonds. The van der Waals surface area contributed by atoms with Crippen molar-refractivity contribution >= 4 is 45.9 Å². The van der Waals surface area contributed by atoms with Gasteiger partial charge >= 0.3 is 0 Å². The number of carbonyl (C=O) groups excluding carboxylic acids is 3. The Bertz CT molecular complexity index is 1350. The molecule has 1 spiro atoms. The van der Waals surface area contributed by atoms with Gasteiger partial charge in [-0.25, -0.2) is 0 Å². The fraction of sp³-hybridized carbons (Fsp3) is 0.346. The maximum Gasteiger partial charge on any atom is 0.250 e. The van der Waals surface area contributed by atoms with Crippen LogP contribution in [0.25, 0.3) is 10.9 Å². The molecule has 6 rings (SSSR count). The third kappa shape index (κ3) is 2.83. The number of aromatic nitrogens is 1. The summed E-state index contributed by atoms with van der Waals surface area (Å²) < 4.78 is 0. The van der Waals surface area contributed by atoms with Gasteiger partial charge in [-0.05, 0) is 42.7 Å². The van der Waals surface area contributed by atoms with Crippen LogP contribution in [0.3, 0.4) is 0 Å². The van der Waals surface area contributed by atoms with E-state index >= 15 is 0 Å². The standard InChI is InChI=1S/C26H25ClN4O3/c1-2-3-10-31-23(32)21-20(11-14-13-28-18-7-5-4-6-16(14)18)30-26(22(21)24(31)33)17-12-15(27)8-9-19(17)29-25(26)34/h4-9,12-13,20-22,28,30H,2-3,10-11H2,1H3,(H,29,34)/t20-,21+,22-,26+/m0/s1. The number of aromatic amines is 1. The van der Waals surface area contributed by atoms with Gasteiger partial charge in [-0.15, -0.1) is 0 Å². The predicted molar refractivity (Wildman–Crippen MR) is 129 cm³/mol. The Labute approximate surface area is 201 Å². The molecule has 0 radical (unpaired) electrons. The van der Waals surface area contributed by atoms with Crippen LogP contribution in [0.4, 0.5) is 5.69 Å². The molecule has 0 aliphatic carbocycles. The van der Waals surface area contributed by atoms with E-state index in [2.05, 4.69) is 15.6 Å². The lowest BCUT2D eigenvalue weighted by Gasteiger charge is -2.29. The Morgan fingerprint density at radius 1 is 1.09 bits per heavy atom. The number of rotatable bonds is 5. The van der Waals surface area contributed by atoms with Gasteiger partial charge in [-0.1, -0.05) is 43.1 Å². The first-order chi connectivity index (χ1) is 16.5. The van der Waals surface area contributed by atoms with Gasteiger partial charge in [-0.2, -0.15) is 0 Å². The number of benzene rings is 2. The second-order valence-corrected chi connectivity index (χ2v) is 9.89. The number of hydrogen-bond donors (Lipinski definition) is 3. The molecular weight excluding hydrogens is 452 g/mol. The number of nitrogens with one attached hydrogen (secondary N) is 3. The van der Waals surface area contributed by atoms with E-state index in [1.807, 2.05) is 37.4 Å². The van der Waals surface area contributed by atoms with Crippen molar-refractivity contribution in [3.8, 4) is 0 Å². The lowest BCUT2D eigenvalue weighted by atomic mass is 9.76. The second-order valence-electron chi connectivity index (χ2n) is 9.45. The highest BCUT2D eigenvalue weighted by atomic mass is 35.5. The predicted octanol–water partition coefficient (Wildman–Crippen LogP) is 3.58. The average molecular weight is 477 g/mol. The molecule has 2 saturated heterocycles. The van der Waals surface area contributed by atoms with Gasteiger partial charge in [0, 0.05) is 46.0 Å². The molecule has 2 aromatic carbocycles. The minimum atomic E-state index is -1.32. The number of anilines is 1. The fourth-order valence-corrected chi connectivity index (χ4v) is 6.25. The molecule has 0 bridgehead atoms. The number of halogens is 1. The molecule has 2 fully saturated rings. The van der Waals surface area contributed by atoms with Gasteiger partial charge in [0.25, 0.3) is 0 Å². The van der Waals surface area contributed by atoms with Crippen molar-refractivity contribution in [3.05, 3.63) is 64.8 Å². The van der Waals surface area contributed by atoms with Crippen LogP contribution in [0, 0.1) is 11.8 Å². The molecule has 174 valence electrons. The summed E-state index contributed by atoms with van der Waals surface area (Å²) in [5, 5.41) is 7.96. The molecule has 3 aliphatic heterocycles. The van der Waals surface area contributed by atoms with Gasteiger partial charge < -0.3 is 10.3 Å². The molecular formula is C26H25ClN4O3. The van der Waals surface area contributed by atoms with Crippen molar-refractivity contribution in [1.82, 2.24) is 15.2 Å². The molecule has 3 aliphatic rings. The van der Waals surface area contributed by atoms with E-state index in [1.165, 1.54) is 4.90 Å². The van der Waals surface area contributed by atoms with Crippen molar-refractivity contribution in [2.24, 2.45) is 11.8 Å². The van der Waals surface area contributed by atoms with Crippen LogP contribution >= 0.6 is 11.6 Å². The van der Waals surface area contributed by atoms with Crippen LogP contribution < -0.4 is 10.6 Å². The maximum absolute atomic E-state index is 13.7. The number of amides is 3. The summed E-state index contributed by atoms with van der Waals surface area (Å²) >= 11 is 6.32. The lowest BCUT2D eigenvalue weighted by Crippen LogP contribution is -2.53. The number of unbranched alkanes of at least 4 members (excludes halogenated alkanes) is 1. The molecule has 0 unspecified atom stereocenters. The Morgan fingerprint density at radius 2 is 1.91 bits per heavy atom. The quantitative estimate of drug-likeness (QED) is 0.490. The highest BCUT2D eigenvalue weighted by molar-refractivity contribution is 6.31. The number of imide groups is 1. The van der Waals surface area contributed by atoms with Gasteiger partial charge in [0.2, 0.25) is 17.7 Å². The summed E-state index contributed by atoms with van der Waals surface area (Å²) in [6.45, 7) is 2.40. The Kier molecular flexibility index (Phi) is 4.83. The van der Waals surface area contributed by atoms with E-state index < -0.39 is 17.4 Å². The van der Waals surface area contributed by atoms with Crippen molar-refractivity contribution in [2.75, 3.05) is 11.9 Å². The number of carbonyl (C=O) groups is 3. The molecule has 34 heavy (non-hydrogen) atoms. The maximum atomic E-state index is 13.7. The van der Waals surface area contributed by atoms with E-state index in [-0.39, 0.29) is 23.8 Å². The number of hydrogen-bond acceptors (Lipinski definition) is 4. The molecule has 0 saturated carbocycles. The Hall–Kier alpha value is -3.16. The highest BCUT2D eigenvalue weighted by Crippen LogP contribution is 2.53. The van der Waals surface area contributed by atoms with Gasteiger partial charge in [0.1, 0.15) is 5.54 Å². The molecule has 4 heterocycles. The third-order valence-electron chi connectivity index (χ3n) is 7.62. The van der Waals surface area contributed by atoms with Crippen LogP contribution in [-0.4, -0.2) is 40.2 Å². The van der Waals surface area contributed by atoms with E-state index in [4.69, 9.17) is 11.6 Å². The van der Waals surface area contributed by atoms with Gasteiger partial charge in [0.05, 0.1) is 11.8 Å². The first-order valence-electron chi connectivity index (χ1n) is 11.7. The zero-order chi connectivity index (χ0) is 23.6. The molecule has 3 aromatic rings. The number of fused-ring (bicyclic) bond motifs is 5. The number of para-hydroxylation sites is 1. The summed E-state index contributed by atoms with van der Waals surface area (Å²) in [5.74, 6) is -2.22. The van der Waals surface area contributed by atoms with Crippen molar-refractivity contribution in [1.29, 1.82) is 0 Å². The van der Waals surface area contributed by atoms with Crippen molar-refractivity contribution in [3.63, 3.8) is 0 Å². The van der Waals surface area contributed by atoms with Crippen molar-refractivity contribution < 1.29 is 14.4 Å². The van der Waals surface area contributed by atoms with Crippen LogP contribution in [0.5, 0.6) is 0 Å². The molecule has 4 atom stereocenters. The van der Waals surface area contributed by atoms with Gasteiger partial charge in [-0.3, -0.25) is 24.6 Å². The number of likely N-dealkylation sites (tertiary alicyclic amines) is 1. The molecule has 7 nitrogen and oxygen atoms in total. The molecule has 8 heteroatoms. The van der Waals surface area contributed by atoms with E-state index in [0.29, 0.717) is 29.2 Å². The third-order valence-corrected chi connectivity index (χ3v) is 7.85. The molecule has 3 N–H and O–H groups in total. The summed E-state index contributed by atoms with van der Waals surface area (Å²) in [6.07, 6.45) is 4.06. The summed E-state index contributed by atoms with van der Waals surface area (Å²) in [5.41, 5.74) is 1.99. The van der Waals surface area contributed by atoms with Crippen LogP contribution in [0.2, 0.25) is 5.02 Å². The first-order valence-corrected chi connectivity index (χ1v) is 12.1.